The molecule has 9 nitrogen and oxygen atoms in total. The molecule has 0 saturated carbocycles. The van der Waals surface area contributed by atoms with Gasteiger partial charge in [0.1, 0.15) is 18.2 Å². The lowest BCUT2D eigenvalue weighted by Crippen LogP contribution is -2.43. The monoisotopic (exact) mass is 606 g/mol. The van der Waals surface area contributed by atoms with E-state index in [0.29, 0.717) is 37.8 Å². The highest BCUT2D eigenvalue weighted by Crippen LogP contribution is 2.32. The van der Waals surface area contributed by atoms with Crippen molar-refractivity contribution < 1.29 is 27.4 Å². The van der Waals surface area contributed by atoms with Crippen LogP contribution in [0.25, 0.3) is 0 Å². The van der Waals surface area contributed by atoms with Crippen molar-refractivity contribution in [3.63, 3.8) is 0 Å². The highest BCUT2D eigenvalue weighted by atomic mass is 19.4. The number of likely N-dealkylation sites (tertiary alicyclic amines) is 1. The number of nitrogens with zero attached hydrogens (tertiary/aromatic N) is 5. The number of benzene rings is 1. The van der Waals surface area contributed by atoms with Gasteiger partial charge in [0.25, 0.3) is 5.82 Å². The molecule has 1 aromatic carbocycles. The fourth-order valence-corrected chi connectivity index (χ4v) is 5.18. The number of amidine groups is 1. The molecule has 1 atom stereocenters. The molecule has 43 heavy (non-hydrogen) atoms. The predicted molar refractivity (Wildman–Crippen MR) is 158 cm³/mol. The molecule has 0 radical (unpaired) electrons. The first kappa shape index (κ1) is 32.8. The van der Waals surface area contributed by atoms with Crippen LogP contribution in [0.1, 0.15) is 95.8 Å². The Kier molecular flexibility index (Phi) is 11.1. The Balaban J connectivity index is 1.09. The lowest BCUT2D eigenvalue weighted by atomic mass is 9.88. The Morgan fingerprint density at radius 3 is 2.33 bits per heavy atom. The summed E-state index contributed by atoms with van der Waals surface area (Å²) in [6.07, 6.45) is 2.13. The number of piperidine rings is 1. The predicted octanol–water partition coefficient (Wildman–Crippen LogP) is 5.79. The van der Waals surface area contributed by atoms with Gasteiger partial charge < -0.3 is 19.7 Å². The maximum atomic E-state index is 13.2. The third-order valence-corrected chi connectivity index (χ3v) is 8.32. The van der Waals surface area contributed by atoms with Crippen LogP contribution in [0.5, 0.6) is 5.75 Å². The minimum Gasteiger partial charge on any atom is -0.494 e. The van der Waals surface area contributed by atoms with Gasteiger partial charge in [-0.25, -0.2) is 0 Å². The number of carbonyl (C=O) groups excluding carboxylic acids is 1. The smallest absolute Gasteiger partial charge is 0.453 e. The first-order chi connectivity index (χ1) is 20.4. The molecule has 3 heterocycles. The summed E-state index contributed by atoms with van der Waals surface area (Å²) < 4.78 is 52.0. The van der Waals surface area contributed by atoms with Crippen molar-refractivity contribution in [3.05, 3.63) is 41.5 Å². The van der Waals surface area contributed by atoms with E-state index < -0.39 is 12.0 Å². The Morgan fingerprint density at radius 2 is 1.67 bits per heavy atom. The molecule has 1 N–H and O–H groups in total. The highest BCUT2D eigenvalue weighted by molar-refractivity contribution is 5.83. The molecule has 238 valence electrons. The van der Waals surface area contributed by atoms with Crippen LogP contribution in [0.3, 0.4) is 0 Å². The van der Waals surface area contributed by atoms with Crippen LogP contribution in [-0.2, 0) is 22.1 Å². The molecule has 0 aliphatic carbocycles. The summed E-state index contributed by atoms with van der Waals surface area (Å²) >= 11 is 0. The van der Waals surface area contributed by atoms with Crippen LogP contribution in [-0.4, -0.2) is 70.5 Å². The van der Waals surface area contributed by atoms with Gasteiger partial charge in [-0.15, -0.1) is 10.2 Å². The highest BCUT2D eigenvalue weighted by Gasteiger charge is 2.40. The van der Waals surface area contributed by atoms with Gasteiger partial charge in [0.15, 0.2) is 5.82 Å². The van der Waals surface area contributed by atoms with E-state index in [1.54, 1.807) is 0 Å². The van der Waals surface area contributed by atoms with Crippen molar-refractivity contribution in [2.45, 2.75) is 97.2 Å². The SMILES string of the molecule is CC(NC(=O)COCCCCCCOc1ccc(C2CCN(C3=Nn4c(nnc4C(F)(F)F)CC3)CC2)cc1)C(C)(C)C. The maximum Gasteiger partial charge on any atom is 0.453 e. The Labute approximate surface area is 252 Å². The number of amides is 1. The molecular weight excluding hydrogens is 561 g/mol. The number of unbranched alkanes of at least 4 members (excludes halogenated alkanes) is 3. The molecule has 12 heteroatoms. The molecule has 0 spiro atoms. The van der Waals surface area contributed by atoms with E-state index in [1.165, 1.54) is 5.56 Å². The molecule has 4 rings (SSSR count). The number of nitrogens with one attached hydrogen (secondary N) is 1. The van der Waals surface area contributed by atoms with Crippen LogP contribution < -0.4 is 10.1 Å². The minimum absolute atomic E-state index is 0.0228. The molecule has 2 aliphatic heterocycles. The fourth-order valence-electron chi connectivity index (χ4n) is 5.18. The first-order valence-corrected chi connectivity index (χ1v) is 15.4. The summed E-state index contributed by atoms with van der Waals surface area (Å²) in [6, 6.07) is 8.35. The summed E-state index contributed by atoms with van der Waals surface area (Å²) in [5.41, 5.74) is 1.27. The van der Waals surface area contributed by atoms with Crippen molar-refractivity contribution in [3.8, 4) is 5.75 Å². The molecule has 0 bridgehead atoms. The van der Waals surface area contributed by atoms with Gasteiger partial charge in [-0.2, -0.15) is 22.9 Å². The first-order valence-electron chi connectivity index (χ1n) is 15.4. The van der Waals surface area contributed by atoms with Gasteiger partial charge in [0.2, 0.25) is 5.91 Å². The third kappa shape index (κ3) is 9.42. The number of hydrogen-bond donors (Lipinski definition) is 1. The van der Waals surface area contributed by atoms with Crippen LogP contribution >= 0.6 is 0 Å². The number of carbonyl (C=O) groups is 1. The van der Waals surface area contributed by atoms with E-state index in [4.69, 9.17) is 9.47 Å². The summed E-state index contributed by atoms with van der Waals surface area (Å²) in [7, 11) is 0. The van der Waals surface area contributed by atoms with Gasteiger partial charge >= 0.3 is 6.18 Å². The average molecular weight is 607 g/mol. The average Bonchev–Trinajstić information content (AvgIpc) is 3.40. The van der Waals surface area contributed by atoms with Crippen LogP contribution in [0.2, 0.25) is 0 Å². The van der Waals surface area contributed by atoms with Crippen LogP contribution in [0.4, 0.5) is 13.2 Å². The van der Waals surface area contributed by atoms with Crippen molar-refractivity contribution in [2.24, 2.45) is 10.5 Å². The van der Waals surface area contributed by atoms with E-state index in [2.05, 4.69) is 58.4 Å². The Morgan fingerprint density at radius 1 is 1.00 bits per heavy atom. The van der Waals surface area contributed by atoms with E-state index >= 15 is 0 Å². The van der Waals surface area contributed by atoms with E-state index in [-0.39, 0.29) is 29.8 Å². The van der Waals surface area contributed by atoms with E-state index in [9.17, 15) is 18.0 Å². The maximum absolute atomic E-state index is 13.2. The molecule has 2 aliphatic rings. The largest absolute Gasteiger partial charge is 0.494 e. The van der Waals surface area contributed by atoms with Gasteiger partial charge in [-0.3, -0.25) is 4.79 Å². The number of halogens is 3. The zero-order valence-electron chi connectivity index (χ0n) is 25.8. The quantitative estimate of drug-likeness (QED) is 0.308. The molecule has 1 fully saturated rings. The molecule has 1 aromatic heterocycles. The lowest BCUT2D eigenvalue weighted by molar-refractivity contribution is -0.147. The number of aryl methyl sites for hydroxylation is 1. The van der Waals surface area contributed by atoms with Crippen LogP contribution in [0.15, 0.2) is 29.4 Å². The van der Waals surface area contributed by atoms with E-state index in [1.807, 2.05) is 19.1 Å². The zero-order valence-corrected chi connectivity index (χ0v) is 25.8. The Bertz CT molecular complexity index is 1210. The van der Waals surface area contributed by atoms with Gasteiger partial charge in [-0.05, 0) is 68.1 Å². The number of aromatic nitrogens is 3. The second kappa shape index (κ2) is 14.5. The lowest BCUT2D eigenvalue weighted by Gasteiger charge is -2.35. The van der Waals surface area contributed by atoms with Gasteiger partial charge in [0, 0.05) is 38.6 Å². The van der Waals surface area contributed by atoms with Crippen molar-refractivity contribution in [2.75, 3.05) is 32.9 Å². The normalized spacial score (nSPS) is 16.9. The summed E-state index contributed by atoms with van der Waals surface area (Å²) in [4.78, 5) is 14.1. The molecule has 2 aromatic rings. The second-order valence-corrected chi connectivity index (χ2v) is 12.6. The third-order valence-electron chi connectivity index (χ3n) is 8.32. The van der Waals surface area contributed by atoms with Gasteiger partial charge in [-0.1, -0.05) is 39.3 Å². The molecule has 1 saturated heterocycles. The molecular formula is C31H45F3N6O3. The number of ether oxygens (including phenoxy) is 2. The molecule has 1 amide bonds. The summed E-state index contributed by atoms with van der Waals surface area (Å²) in [6.45, 7) is 11.1. The number of alkyl halides is 3. The number of fused-ring (bicyclic) bond motifs is 1. The van der Waals surface area contributed by atoms with Crippen molar-refractivity contribution >= 4 is 11.7 Å². The van der Waals surface area contributed by atoms with Gasteiger partial charge in [0.05, 0.1) is 6.61 Å². The number of rotatable bonds is 12. The second-order valence-electron chi connectivity index (χ2n) is 12.6. The van der Waals surface area contributed by atoms with Crippen molar-refractivity contribution in [1.82, 2.24) is 25.1 Å². The summed E-state index contributed by atoms with van der Waals surface area (Å²) in [5.74, 6) is 1.02. The minimum atomic E-state index is -4.58. The fraction of sp³-hybridized carbons (Fsp3) is 0.677. The van der Waals surface area contributed by atoms with E-state index in [0.717, 1.165) is 62.0 Å². The molecule has 1 unspecified atom stereocenters. The van der Waals surface area contributed by atoms with Crippen LogP contribution in [0, 0.1) is 5.41 Å². The topological polar surface area (TPSA) is 93.9 Å². The van der Waals surface area contributed by atoms with Crippen molar-refractivity contribution in [1.29, 1.82) is 0 Å². The standard InChI is InChI=1S/C31H45F3N6O3/c1-22(30(2,3)4)35-28(41)21-42-19-7-5-6-8-20-43-25-11-9-23(10-12-25)24-15-17-39(18-16-24)27-14-13-26-36-37-29(31(32,33)34)40(26)38-27/h9-12,22,24H,5-8,13-21H2,1-4H3,(H,35,41). The Hall–Kier alpha value is -3.15. The summed E-state index contributed by atoms with van der Waals surface area (Å²) in [5, 5.41) is 14.2. The number of hydrogen-bond acceptors (Lipinski definition) is 7. The zero-order chi connectivity index (χ0) is 31.0.